The van der Waals surface area contributed by atoms with Crippen LogP contribution in [0.2, 0.25) is 0 Å². The zero-order valence-electron chi connectivity index (χ0n) is 18.4. The van der Waals surface area contributed by atoms with Crippen LogP contribution in [0.3, 0.4) is 0 Å². The number of piperidine rings is 1. The summed E-state index contributed by atoms with van der Waals surface area (Å²) in [4.78, 5) is 17.7. The summed E-state index contributed by atoms with van der Waals surface area (Å²) in [7, 11) is 0. The number of aromatic nitrogens is 1. The molecule has 0 aliphatic carbocycles. The minimum absolute atomic E-state index is 0.362. The predicted octanol–water partition coefficient (Wildman–Crippen LogP) is 3.95. The second-order valence-electron chi connectivity index (χ2n) is 8.16. The van der Waals surface area contributed by atoms with Gasteiger partial charge in [0.05, 0.1) is 18.8 Å². The maximum absolute atomic E-state index is 12.3. The van der Waals surface area contributed by atoms with Crippen molar-refractivity contribution in [3.8, 4) is 5.75 Å². The summed E-state index contributed by atoms with van der Waals surface area (Å²) in [6.07, 6.45) is 3.12. The number of aromatic amines is 1. The van der Waals surface area contributed by atoms with Crippen LogP contribution in [0.4, 0.5) is 0 Å². The SMILES string of the molecule is CCCOC(=O)c1[nH]c(C)c(C)c1OCCCN1CCC(O)(c2ccccc2)CC1. The van der Waals surface area contributed by atoms with E-state index in [0.29, 0.717) is 24.7 Å². The number of ether oxygens (including phenoxy) is 2. The predicted molar refractivity (Wildman–Crippen MR) is 117 cm³/mol. The van der Waals surface area contributed by atoms with Crippen LogP contribution in [-0.4, -0.2) is 53.8 Å². The standard InChI is InChI=1S/C24H34N2O4/c1-4-16-30-23(27)21-22(18(2)19(3)25-21)29-17-8-13-26-14-11-24(28,12-15-26)20-9-6-5-7-10-20/h5-7,9-10,25,28H,4,8,11-17H2,1-3H3. The van der Waals surface area contributed by atoms with E-state index in [1.54, 1.807) is 0 Å². The van der Waals surface area contributed by atoms with Gasteiger partial charge in [-0.3, -0.25) is 0 Å². The average Bonchev–Trinajstić information content (AvgIpc) is 3.05. The number of likely N-dealkylation sites (tertiary alicyclic amines) is 1. The van der Waals surface area contributed by atoms with E-state index in [9.17, 15) is 9.90 Å². The first-order chi connectivity index (χ1) is 14.4. The molecule has 1 aromatic carbocycles. The normalized spacial score (nSPS) is 16.4. The maximum Gasteiger partial charge on any atom is 0.358 e. The van der Waals surface area contributed by atoms with Crippen molar-refractivity contribution in [2.75, 3.05) is 32.8 Å². The molecule has 164 valence electrons. The Balaban J connectivity index is 1.47. The largest absolute Gasteiger partial charge is 0.491 e. The van der Waals surface area contributed by atoms with Crippen molar-refractivity contribution < 1.29 is 19.4 Å². The van der Waals surface area contributed by atoms with Crippen LogP contribution >= 0.6 is 0 Å². The minimum Gasteiger partial charge on any atom is -0.491 e. The highest BCUT2D eigenvalue weighted by Gasteiger charge is 2.33. The summed E-state index contributed by atoms with van der Waals surface area (Å²) in [6, 6.07) is 9.95. The summed E-state index contributed by atoms with van der Waals surface area (Å²) in [5.41, 5.74) is 2.56. The van der Waals surface area contributed by atoms with E-state index in [2.05, 4.69) is 9.88 Å². The minimum atomic E-state index is -0.720. The van der Waals surface area contributed by atoms with E-state index < -0.39 is 5.60 Å². The van der Waals surface area contributed by atoms with E-state index in [-0.39, 0.29) is 5.97 Å². The van der Waals surface area contributed by atoms with Gasteiger partial charge in [0.25, 0.3) is 0 Å². The van der Waals surface area contributed by atoms with E-state index in [1.165, 1.54) is 0 Å². The molecule has 0 spiro atoms. The van der Waals surface area contributed by atoms with Crippen LogP contribution in [-0.2, 0) is 10.3 Å². The molecule has 2 heterocycles. The van der Waals surface area contributed by atoms with Crippen LogP contribution in [0.1, 0.15) is 59.9 Å². The molecular formula is C24H34N2O4. The Bertz CT molecular complexity index is 823. The molecule has 2 aromatic rings. The monoisotopic (exact) mass is 414 g/mol. The van der Waals surface area contributed by atoms with Gasteiger partial charge in [-0.25, -0.2) is 4.79 Å². The summed E-state index contributed by atoms with van der Waals surface area (Å²) < 4.78 is 11.2. The highest BCUT2D eigenvalue weighted by atomic mass is 16.5. The molecular weight excluding hydrogens is 380 g/mol. The van der Waals surface area contributed by atoms with Gasteiger partial charge in [0.2, 0.25) is 0 Å². The fourth-order valence-corrected chi connectivity index (χ4v) is 3.93. The van der Waals surface area contributed by atoms with Gasteiger partial charge in [-0.2, -0.15) is 0 Å². The summed E-state index contributed by atoms with van der Waals surface area (Å²) in [5, 5.41) is 11.0. The fraction of sp³-hybridized carbons (Fsp3) is 0.542. The molecule has 1 aliphatic rings. The molecule has 6 heteroatoms. The van der Waals surface area contributed by atoms with Crippen LogP contribution in [0, 0.1) is 13.8 Å². The van der Waals surface area contributed by atoms with E-state index >= 15 is 0 Å². The number of benzene rings is 1. The van der Waals surface area contributed by atoms with Crippen molar-refractivity contribution in [3.63, 3.8) is 0 Å². The first-order valence-electron chi connectivity index (χ1n) is 10.9. The average molecular weight is 415 g/mol. The molecule has 1 aromatic heterocycles. The number of hydrogen-bond acceptors (Lipinski definition) is 5. The Labute approximate surface area is 179 Å². The number of nitrogens with one attached hydrogen (secondary N) is 1. The lowest BCUT2D eigenvalue weighted by atomic mass is 9.84. The maximum atomic E-state index is 12.3. The molecule has 6 nitrogen and oxygen atoms in total. The molecule has 3 rings (SSSR count). The lowest BCUT2D eigenvalue weighted by molar-refractivity contribution is -0.0264. The second-order valence-corrected chi connectivity index (χ2v) is 8.16. The number of rotatable bonds is 9. The molecule has 1 fully saturated rings. The van der Waals surface area contributed by atoms with Gasteiger partial charge >= 0.3 is 5.97 Å². The number of carbonyl (C=O) groups is 1. The molecule has 0 radical (unpaired) electrons. The Kier molecular flexibility index (Phi) is 7.56. The van der Waals surface area contributed by atoms with Gasteiger partial charge < -0.3 is 24.5 Å². The summed E-state index contributed by atoms with van der Waals surface area (Å²) >= 11 is 0. The summed E-state index contributed by atoms with van der Waals surface area (Å²) in [6.45, 7) is 9.42. The zero-order chi connectivity index (χ0) is 21.6. The Morgan fingerprint density at radius 1 is 1.17 bits per heavy atom. The van der Waals surface area contributed by atoms with Gasteiger partial charge in [0, 0.05) is 30.9 Å². The smallest absolute Gasteiger partial charge is 0.358 e. The highest BCUT2D eigenvalue weighted by molar-refractivity contribution is 5.91. The highest BCUT2D eigenvalue weighted by Crippen LogP contribution is 2.32. The van der Waals surface area contributed by atoms with E-state index in [4.69, 9.17) is 9.47 Å². The van der Waals surface area contributed by atoms with E-state index in [0.717, 1.165) is 62.1 Å². The van der Waals surface area contributed by atoms with Crippen molar-refractivity contribution in [1.82, 2.24) is 9.88 Å². The first-order valence-corrected chi connectivity index (χ1v) is 10.9. The second kappa shape index (κ2) is 10.1. The molecule has 2 N–H and O–H groups in total. The Hall–Kier alpha value is -2.31. The van der Waals surface area contributed by atoms with Gasteiger partial charge in [-0.1, -0.05) is 37.3 Å². The molecule has 30 heavy (non-hydrogen) atoms. The van der Waals surface area contributed by atoms with E-state index in [1.807, 2.05) is 51.1 Å². The molecule has 0 bridgehead atoms. The van der Waals surface area contributed by atoms with Crippen molar-refractivity contribution in [2.24, 2.45) is 0 Å². The molecule has 0 saturated carbocycles. The van der Waals surface area contributed by atoms with Crippen molar-refractivity contribution in [3.05, 3.63) is 52.8 Å². The van der Waals surface area contributed by atoms with Crippen LogP contribution < -0.4 is 4.74 Å². The lowest BCUT2D eigenvalue weighted by Crippen LogP contribution is -2.43. The Morgan fingerprint density at radius 3 is 2.53 bits per heavy atom. The molecule has 1 saturated heterocycles. The number of hydrogen-bond donors (Lipinski definition) is 2. The number of nitrogens with zero attached hydrogens (tertiary/aromatic N) is 1. The third-order valence-corrected chi connectivity index (χ3v) is 5.94. The third kappa shape index (κ3) is 5.24. The third-order valence-electron chi connectivity index (χ3n) is 5.94. The van der Waals surface area contributed by atoms with Crippen LogP contribution in [0.5, 0.6) is 5.75 Å². The van der Waals surface area contributed by atoms with Crippen molar-refractivity contribution >= 4 is 5.97 Å². The van der Waals surface area contributed by atoms with Gasteiger partial charge in [-0.05, 0) is 45.1 Å². The van der Waals surface area contributed by atoms with Crippen LogP contribution in [0.25, 0.3) is 0 Å². The van der Waals surface area contributed by atoms with Crippen LogP contribution in [0.15, 0.2) is 30.3 Å². The molecule has 0 amide bonds. The molecule has 0 atom stereocenters. The lowest BCUT2D eigenvalue weighted by Gasteiger charge is -2.38. The number of esters is 1. The van der Waals surface area contributed by atoms with Crippen molar-refractivity contribution in [2.45, 2.75) is 52.1 Å². The van der Waals surface area contributed by atoms with Gasteiger partial charge in [0.15, 0.2) is 11.4 Å². The number of aryl methyl sites for hydroxylation is 1. The van der Waals surface area contributed by atoms with Gasteiger partial charge in [0.1, 0.15) is 0 Å². The quantitative estimate of drug-likeness (QED) is 0.480. The molecule has 1 aliphatic heterocycles. The van der Waals surface area contributed by atoms with Crippen molar-refractivity contribution in [1.29, 1.82) is 0 Å². The number of carbonyl (C=O) groups excluding carboxylic acids is 1. The first kappa shape index (κ1) is 22.4. The topological polar surface area (TPSA) is 74.8 Å². The molecule has 0 unspecified atom stereocenters. The Morgan fingerprint density at radius 2 is 1.87 bits per heavy atom. The number of H-pyrrole nitrogens is 1. The number of aliphatic hydroxyl groups is 1. The van der Waals surface area contributed by atoms with Gasteiger partial charge in [-0.15, -0.1) is 0 Å². The summed E-state index contributed by atoms with van der Waals surface area (Å²) in [5.74, 6) is 0.241. The zero-order valence-corrected chi connectivity index (χ0v) is 18.4. The fourth-order valence-electron chi connectivity index (χ4n) is 3.93.